The third-order valence-corrected chi connectivity index (χ3v) is 9.70. The van der Waals surface area contributed by atoms with Crippen LogP contribution < -0.4 is 15.5 Å². The molecule has 9 nitrogen and oxygen atoms in total. The van der Waals surface area contributed by atoms with Crippen LogP contribution in [0.5, 0.6) is 0 Å². The van der Waals surface area contributed by atoms with Gasteiger partial charge in [0, 0.05) is 68.5 Å². The van der Waals surface area contributed by atoms with E-state index < -0.39 is 6.04 Å². The van der Waals surface area contributed by atoms with E-state index in [1.165, 1.54) is 23.2 Å². The van der Waals surface area contributed by atoms with Crippen LogP contribution in [0.25, 0.3) is 0 Å². The normalized spacial score (nSPS) is 23.3. The van der Waals surface area contributed by atoms with Gasteiger partial charge >= 0.3 is 0 Å². The molecule has 2 aromatic carbocycles. The molecule has 0 radical (unpaired) electrons. The first kappa shape index (κ1) is 26.2. The number of benzene rings is 2. The summed E-state index contributed by atoms with van der Waals surface area (Å²) in [6.07, 6.45) is 6.32. The summed E-state index contributed by atoms with van der Waals surface area (Å²) in [5, 5.41) is 5.49. The molecule has 4 amide bonds. The lowest BCUT2D eigenvalue weighted by Crippen LogP contribution is -2.52. The molecule has 0 spiro atoms. The highest BCUT2D eigenvalue weighted by molar-refractivity contribution is 6.05. The molecule has 4 aliphatic heterocycles. The Morgan fingerprint density at radius 3 is 2.29 bits per heavy atom. The molecule has 1 saturated carbocycles. The third kappa shape index (κ3) is 5.12. The van der Waals surface area contributed by atoms with Crippen LogP contribution in [0.1, 0.15) is 82.4 Å². The van der Waals surface area contributed by atoms with Crippen molar-refractivity contribution < 1.29 is 19.2 Å². The quantitative estimate of drug-likeness (QED) is 0.532. The number of hydrogen-bond donors (Lipinski definition) is 2. The molecule has 1 unspecified atom stereocenters. The van der Waals surface area contributed by atoms with Crippen LogP contribution in [0.4, 0.5) is 5.69 Å². The monoisotopic (exact) mass is 555 g/mol. The zero-order valence-electron chi connectivity index (χ0n) is 23.4. The van der Waals surface area contributed by atoms with Crippen LogP contribution in [0.15, 0.2) is 36.4 Å². The number of carbonyl (C=O) groups excluding carboxylic acids is 4. The van der Waals surface area contributed by atoms with Crippen LogP contribution >= 0.6 is 0 Å². The lowest BCUT2D eigenvalue weighted by molar-refractivity contribution is -0.136. The summed E-state index contributed by atoms with van der Waals surface area (Å²) in [5.74, 6) is -0.0673. The highest BCUT2D eigenvalue weighted by atomic mass is 16.2. The average molecular weight is 556 g/mol. The summed E-state index contributed by atoms with van der Waals surface area (Å²) in [6, 6.07) is 12.0. The van der Waals surface area contributed by atoms with E-state index in [2.05, 4.69) is 38.6 Å². The Balaban J connectivity index is 0.910. The van der Waals surface area contributed by atoms with E-state index in [9.17, 15) is 19.2 Å². The molecule has 1 aliphatic carbocycles. The minimum Gasteiger partial charge on any atom is -0.372 e. The van der Waals surface area contributed by atoms with Gasteiger partial charge in [0.1, 0.15) is 6.04 Å². The second-order valence-corrected chi connectivity index (χ2v) is 12.4. The van der Waals surface area contributed by atoms with Crippen LogP contribution in [0, 0.1) is 5.92 Å². The first-order valence-corrected chi connectivity index (χ1v) is 15.1. The van der Waals surface area contributed by atoms with Crippen molar-refractivity contribution in [2.75, 3.05) is 24.5 Å². The zero-order valence-corrected chi connectivity index (χ0v) is 23.4. The minimum absolute atomic E-state index is 0.0350. The van der Waals surface area contributed by atoms with E-state index >= 15 is 0 Å². The van der Waals surface area contributed by atoms with Crippen molar-refractivity contribution in [2.45, 2.75) is 76.7 Å². The molecule has 2 saturated heterocycles. The summed E-state index contributed by atoms with van der Waals surface area (Å²) in [7, 11) is 0. The topological polar surface area (TPSA) is 102 Å². The van der Waals surface area contributed by atoms with Gasteiger partial charge in [-0.05, 0) is 91.5 Å². The Morgan fingerprint density at radius 1 is 0.878 bits per heavy atom. The molecule has 5 aliphatic rings. The molecule has 41 heavy (non-hydrogen) atoms. The molecule has 2 aromatic rings. The van der Waals surface area contributed by atoms with Crippen LogP contribution in [-0.4, -0.2) is 65.1 Å². The van der Waals surface area contributed by atoms with Crippen LogP contribution in [0.2, 0.25) is 0 Å². The smallest absolute Gasteiger partial charge is 0.255 e. The third-order valence-electron chi connectivity index (χ3n) is 9.70. The SMILES string of the molecule is O=C1CCC(N2Cc3cc4c(cc3C2=O)CN(CC2CCN(c3ccc(C(=O)NC5CCC5)cc3)CC2)C4)C(=O)N1. The standard InChI is InChI=1S/C32H37N5O4/c38-29-9-8-28(31(40)34-29)37-19-24-14-22-17-35(18-23(22)15-27(24)32(37)41)16-20-10-12-36(13-11-20)26-6-4-21(5-7-26)30(39)33-25-2-1-3-25/h4-7,14-15,20,25,28H,1-3,8-13,16-19H2,(H,33,39)(H,34,38,40). The number of nitrogens with one attached hydrogen (secondary N) is 2. The summed E-state index contributed by atoms with van der Waals surface area (Å²) < 4.78 is 0. The predicted octanol–water partition coefficient (Wildman–Crippen LogP) is 2.96. The van der Waals surface area contributed by atoms with Crippen molar-refractivity contribution >= 4 is 29.3 Å². The molecule has 9 heteroatoms. The molecule has 1 atom stereocenters. The van der Waals surface area contributed by atoms with Gasteiger partial charge in [-0.25, -0.2) is 0 Å². The molecule has 0 bridgehead atoms. The Bertz CT molecular complexity index is 1390. The minimum atomic E-state index is -0.570. The van der Waals surface area contributed by atoms with E-state index in [0.29, 0.717) is 30.5 Å². The number of piperidine rings is 2. The van der Waals surface area contributed by atoms with Gasteiger partial charge in [-0.15, -0.1) is 0 Å². The van der Waals surface area contributed by atoms with Crippen molar-refractivity contribution in [3.8, 4) is 0 Å². The second kappa shape index (κ2) is 10.6. The molecular weight excluding hydrogens is 518 g/mol. The molecule has 2 N–H and O–H groups in total. The maximum Gasteiger partial charge on any atom is 0.255 e. The molecule has 0 aromatic heterocycles. The second-order valence-electron chi connectivity index (χ2n) is 12.4. The van der Waals surface area contributed by atoms with Gasteiger partial charge in [-0.3, -0.25) is 29.4 Å². The van der Waals surface area contributed by atoms with Gasteiger partial charge < -0.3 is 15.1 Å². The fourth-order valence-electron chi connectivity index (χ4n) is 7.06. The molecular formula is C32H37N5O4. The highest BCUT2D eigenvalue weighted by Crippen LogP contribution is 2.34. The Hall–Kier alpha value is -3.72. The first-order valence-electron chi connectivity index (χ1n) is 15.1. The van der Waals surface area contributed by atoms with Gasteiger partial charge in [0.25, 0.3) is 11.8 Å². The maximum atomic E-state index is 13.2. The first-order chi connectivity index (χ1) is 19.9. The number of carbonyl (C=O) groups is 4. The Morgan fingerprint density at radius 2 is 1.61 bits per heavy atom. The fourth-order valence-corrected chi connectivity index (χ4v) is 7.06. The Labute approximate surface area is 240 Å². The Kier molecular flexibility index (Phi) is 6.77. The van der Waals surface area contributed by atoms with E-state index in [1.54, 1.807) is 4.90 Å². The number of amides is 4. The summed E-state index contributed by atoms with van der Waals surface area (Å²) in [5.41, 5.74) is 6.10. The molecule has 3 fully saturated rings. The van der Waals surface area contributed by atoms with Crippen molar-refractivity contribution in [2.24, 2.45) is 5.92 Å². The lowest BCUT2D eigenvalue weighted by Gasteiger charge is -2.35. The van der Waals surface area contributed by atoms with E-state index in [-0.39, 0.29) is 30.0 Å². The summed E-state index contributed by atoms with van der Waals surface area (Å²) in [4.78, 5) is 56.1. The molecule has 4 heterocycles. The van der Waals surface area contributed by atoms with Crippen molar-refractivity contribution in [1.29, 1.82) is 0 Å². The fraction of sp³-hybridized carbons (Fsp3) is 0.500. The summed E-state index contributed by atoms with van der Waals surface area (Å²) in [6.45, 7) is 5.23. The highest BCUT2D eigenvalue weighted by Gasteiger charge is 2.40. The van der Waals surface area contributed by atoms with E-state index in [0.717, 1.165) is 69.5 Å². The largest absolute Gasteiger partial charge is 0.372 e. The van der Waals surface area contributed by atoms with Gasteiger partial charge in [0.2, 0.25) is 11.8 Å². The number of imide groups is 1. The van der Waals surface area contributed by atoms with Gasteiger partial charge in [0.05, 0.1) is 0 Å². The number of anilines is 1. The van der Waals surface area contributed by atoms with Crippen LogP contribution in [0.3, 0.4) is 0 Å². The van der Waals surface area contributed by atoms with Crippen molar-refractivity contribution in [1.82, 2.24) is 20.4 Å². The van der Waals surface area contributed by atoms with Gasteiger partial charge in [-0.2, -0.15) is 0 Å². The number of fused-ring (bicyclic) bond motifs is 2. The molecule has 214 valence electrons. The van der Waals surface area contributed by atoms with Crippen molar-refractivity contribution in [3.05, 3.63) is 64.2 Å². The summed E-state index contributed by atoms with van der Waals surface area (Å²) >= 11 is 0. The van der Waals surface area contributed by atoms with Gasteiger partial charge in [0.15, 0.2) is 0 Å². The number of rotatable bonds is 6. The number of hydrogen-bond acceptors (Lipinski definition) is 6. The lowest BCUT2D eigenvalue weighted by atomic mass is 9.93. The van der Waals surface area contributed by atoms with Gasteiger partial charge in [-0.1, -0.05) is 6.07 Å². The maximum absolute atomic E-state index is 13.2. The predicted molar refractivity (Wildman–Crippen MR) is 153 cm³/mol. The zero-order chi connectivity index (χ0) is 28.1. The van der Waals surface area contributed by atoms with E-state index in [4.69, 9.17) is 0 Å². The van der Waals surface area contributed by atoms with Crippen LogP contribution in [-0.2, 0) is 29.2 Å². The molecule has 7 rings (SSSR count). The van der Waals surface area contributed by atoms with Crippen molar-refractivity contribution in [3.63, 3.8) is 0 Å². The number of nitrogens with zero attached hydrogens (tertiary/aromatic N) is 3. The van der Waals surface area contributed by atoms with E-state index in [1.807, 2.05) is 18.2 Å². The average Bonchev–Trinajstić information content (AvgIpc) is 3.49.